The van der Waals surface area contributed by atoms with Crippen molar-refractivity contribution in [3.8, 4) is 0 Å². The van der Waals surface area contributed by atoms with Crippen molar-refractivity contribution in [2.45, 2.75) is 39.2 Å². The summed E-state index contributed by atoms with van der Waals surface area (Å²) in [6.07, 6.45) is 0.0648. The van der Waals surface area contributed by atoms with Crippen molar-refractivity contribution in [2.24, 2.45) is 0 Å². The summed E-state index contributed by atoms with van der Waals surface area (Å²) < 4.78 is 5.53. The number of hydrogen-bond donors (Lipinski definition) is 0. The summed E-state index contributed by atoms with van der Waals surface area (Å²) in [5, 5.41) is -0.569. The van der Waals surface area contributed by atoms with Gasteiger partial charge in [-0.2, -0.15) is 0 Å². The van der Waals surface area contributed by atoms with Crippen LogP contribution in [0.2, 0.25) is 0 Å². The van der Waals surface area contributed by atoms with E-state index in [0.29, 0.717) is 0 Å². The van der Waals surface area contributed by atoms with E-state index in [1.54, 1.807) is 11.8 Å². The van der Waals surface area contributed by atoms with Gasteiger partial charge in [-0.05, 0) is 39.3 Å². The molecule has 1 aromatic carbocycles. The van der Waals surface area contributed by atoms with Crippen LogP contribution in [-0.2, 0) is 9.53 Å². The van der Waals surface area contributed by atoms with E-state index >= 15 is 0 Å². The maximum absolute atomic E-state index is 12.1. The van der Waals surface area contributed by atoms with E-state index in [1.165, 1.54) is 0 Å². The number of hydrogen-bond acceptors (Lipinski definition) is 2. The molecule has 0 heterocycles. The second kappa shape index (κ2) is 6.76. The van der Waals surface area contributed by atoms with E-state index in [1.807, 2.05) is 45.0 Å². The third kappa shape index (κ3) is 4.00. The van der Waals surface area contributed by atoms with E-state index in [2.05, 4.69) is 0 Å². The largest absolute Gasteiger partial charge is 0.358 e. The molecule has 1 unspecified atom stereocenters. The lowest BCUT2D eigenvalue weighted by molar-refractivity contribution is -0.119. The average molecular weight is 270 g/mol. The van der Waals surface area contributed by atoms with Crippen molar-refractivity contribution in [3.05, 3.63) is 29.8 Å². The van der Waals surface area contributed by atoms with Gasteiger partial charge in [0.05, 0.1) is 6.10 Å². The summed E-state index contributed by atoms with van der Waals surface area (Å²) in [7, 11) is 0. The molecule has 1 atom stereocenters. The van der Waals surface area contributed by atoms with Gasteiger partial charge in [0.2, 0.25) is 5.91 Å². The van der Waals surface area contributed by atoms with E-state index in [9.17, 15) is 4.79 Å². The van der Waals surface area contributed by atoms with Crippen LogP contribution < -0.4 is 4.90 Å². The second-order valence-electron chi connectivity index (χ2n) is 4.51. The lowest BCUT2D eigenvalue weighted by atomic mass is 10.2. The molecule has 0 saturated heterocycles. The highest BCUT2D eigenvalue weighted by Crippen LogP contribution is 2.21. The Labute approximate surface area is 114 Å². The number of ether oxygens (including phenoxy) is 1. The smallest absolute Gasteiger partial charge is 0.246 e. The zero-order valence-corrected chi connectivity index (χ0v) is 12.1. The maximum Gasteiger partial charge on any atom is 0.246 e. The number of carbonyl (C=O) groups excluding carboxylic acids is 1. The van der Waals surface area contributed by atoms with Crippen LogP contribution in [-0.4, -0.2) is 24.1 Å². The zero-order chi connectivity index (χ0) is 13.7. The standard InChI is InChI=1S/C14H20ClNO2/c1-10(2)18-9-16(14(17)12(4)15)13-8-6-5-7-11(13)3/h5-8,10,12H,9H2,1-4H3. The molecule has 18 heavy (non-hydrogen) atoms. The van der Waals surface area contributed by atoms with Crippen molar-refractivity contribution in [1.29, 1.82) is 0 Å². The molecule has 1 aromatic rings. The first-order valence-electron chi connectivity index (χ1n) is 6.06. The number of rotatable bonds is 5. The zero-order valence-electron chi connectivity index (χ0n) is 11.3. The molecule has 3 nitrogen and oxygen atoms in total. The van der Waals surface area contributed by atoms with Gasteiger partial charge in [0, 0.05) is 5.69 Å². The predicted molar refractivity (Wildman–Crippen MR) is 75.1 cm³/mol. The fraction of sp³-hybridized carbons (Fsp3) is 0.500. The Hall–Kier alpha value is -1.06. The first kappa shape index (κ1) is 15.0. The van der Waals surface area contributed by atoms with Crippen LogP contribution in [0.3, 0.4) is 0 Å². The van der Waals surface area contributed by atoms with Crippen LogP contribution >= 0.6 is 11.6 Å². The van der Waals surface area contributed by atoms with Crippen LogP contribution in [0.25, 0.3) is 0 Å². The van der Waals surface area contributed by atoms with Gasteiger partial charge in [-0.15, -0.1) is 11.6 Å². The highest BCUT2D eigenvalue weighted by atomic mass is 35.5. The molecule has 0 radical (unpaired) electrons. The summed E-state index contributed by atoms with van der Waals surface area (Å²) >= 11 is 5.89. The Kier molecular flexibility index (Phi) is 5.63. The van der Waals surface area contributed by atoms with E-state index in [-0.39, 0.29) is 18.7 Å². The van der Waals surface area contributed by atoms with Gasteiger partial charge in [-0.3, -0.25) is 9.69 Å². The maximum atomic E-state index is 12.1. The van der Waals surface area contributed by atoms with Gasteiger partial charge in [-0.25, -0.2) is 0 Å². The molecule has 4 heteroatoms. The SMILES string of the molecule is Cc1ccccc1N(COC(C)C)C(=O)C(C)Cl. The third-order valence-electron chi connectivity index (χ3n) is 2.55. The summed E-state index contributed by atoms with van der Waals surface area (Å²) in [5.41, 5.74) is 1.87. The molecule has 0 saturated carbocycles. The van der Waals surface area contributed by atoms with Crippen molar-refractivity contribution in [2.75, 3.05) is 11.6 Å². The Bertz CT molecular complexity index is 405. The molecular weight excluding hydrogens is 250 g/mol. The van der Waals surface area contributed by atoms with Gasteiger partial charge >= 0.3 is 0 Å². The molecule has 100 valence electrons. The number of anilines is 1. The molecule has 1 rings (SSSR count). The topological polar surface area (TPSA) is 29.5 Å². The van der Waals surface area contributed by atoms with Crippen molar-refractivity contribution in [1.82, 2.24) is 0 Å². The average Bonchev–Trinajstić information content (AvgIpc) is 2.30. The summed E-state index contributed by atoms with van der Waals surface area (Å²) in [6, 6.07) is 7.70. The Morgan fingerprint density at radius 2 is 1.94 bits per heavy atom. The molecule has 0 aromatic heterocycles. The number of benzene rings is 1. The fourth-order valence-electron chi connectivity index (χ4n) is 1.56. The summed E-state index contributed by atoms with van der Waals surface area (Å²) in [4.78, 5) is 13.7. The van der Waals surface area contributed by atoms with E-state index in [4.69, 9.17) is 16.3 Å². The first-order chi connectivity index (χ1) is 8.43. The minimum atomic E-state index is -0.569. The lowest BCUT2D eigenvalue weighted by Gasteiger charge is -2.26. The van der Waals surface area contributed by atoms with Crippen LogP contribution in [0, 0.1) is 6.92 Å². The predicted octanol–water partition coefficient (Wildman–Crippen LogP) is 3.34. The summed E-state index contributed by atoms with van der Waals surface area (Å²) in [5.74, 6) is -0.147. The van der Waals surface area contributed by atoms with Crippen LogP contribution in [0.15, 0.2) is 24.3 Å². The minimum absolute atomic E-state index is 0.0648. The third-order valence-corrected chi connectivity index (χ3v) is 2.74. The van der Waals surface area contributed by atoms with Gasteiger partial charge in [0.1, 0.15) is 12.1 Å². The number of nitrogens with zero attached hydrogens (tertiary/aromatic N) is 1. The normalized spacial score (nSPS) is 12.6. The monoisotopic (exact) mass is 269 g/mol. The van der Waals surface area contributed by atoms with Gasteiger partial charge in [0.25, 0.3) is 0 Å². The highest BCUT2D eigenvalue weighted by molar-refractivity contribution is 6.32. The lowest BCUT2D eigenvalue weighted by Crippen LogP contribution is -2.38. The Morgan fingerprint density at radius 3 is 2.44 bits per heavy atom. The van der Waals surface area contributed by atoms with E-state index < -0.39 is 5.38 Å². The Balaban J connectivity index is 2.97. The molecular formula is C14H20ClNO2. The molecule has 0 aliphatic rings. The molecule has 0 aliphatic heterocycles. The minimum Gasteiger partial charge on any atom is -0.358 e. The van der Waals surface area contributed by atoms with Crippen LogP contribution in [0.1, 0.15) is 26.3 Å². The number of alkyl halides is 1. The fourth-order valence-corrected chi connectivity index (χ4v) is 1.67. The number of amides is 1. The van der Waals surface area contributed by atoms with Crippen LogP contribution in [0.5, 0.6) is 0 Å². The first-order valence-corrected chi connectivity index (χ1v) is 6.49. The Morgan fingerprint density at radius 1 is 1.33 bits per heavy atom. The molecule has 0 aliphatic carbocycles. The van der Waals surface area contributed by atoms with Gasteiger partial charge < -0.3 is 4.74 Å². The number of aryl methyl sites for hydroxylation is 1. The second-order valence-corrected chi connectivity index (χ2v) is 5.17. The molecule has 0 N–H and O–H groups in total. The highest BCUT2D eigenvalue weighted by Gasteiger charge is 2.21. The molecule has 1 amide bonds. The number of carbonyl (C=O) groups is 1. The van der Waals surface area contributed by atoms with Crippen molar-refractivity contribution >= 4 is 23.2 Å². The quantitative estimate of drug-likeness (QED) is 0.606. The van der Waals surface area contributed by atoms with E-state index in [0.717, 1.165) is 11.3 Å². The number of para-hydroxylation sites is 1. The summed E-state index contributed by atoms with van der Waals surface area (Å²) in [6.45, 7) is 7.72. The van der Waals surface area contributed by atoms with Gasteiger partial charge in [-0.1, -0.05) is 18.2 Å². The van der Waals surface area contributed by atoms with Gasteiger partial charge in [0.15, 0.2) is 0 Å². The van der Waals surface area contributed by atoms with Crippen molar-refractivity contribution < 1.29 is 9.53 Å². The molecule has 0 spiro atoms. The molecule has 0 bridgehead atoms. The van der Waals surface area contributed by atoms with Crippen molar-refractivity contribution in [3.63, 3.8) is 0 Å². The molecule has 0 fully saturated rings. The van der Waals surface area contributed by atoms with Crippen LogP contribution in [0.4, 0.5) is 5.69 Å². The number of halogens is 1.